The van der Waals surface area contributed by atoms with Gasteiger partial charge in [0, 0.05) is 31.1 Å². The Morgan fingerprint density at radius 2 is 1.68 bits per heavy atom. The monoisotopic (exact) mass is 547 g/mol. The lowest BCUT2D eigenvalue weighted by Crippen LogP contribution is -2.47. The summed E-state index contributed by atoms with van der Waals surface area (Å²) in [6.45, 7) is 4.13. The third-order valence-corrected chi connectivity index (χ3v) is 7.31. The first kappa shape index (κ1) is 28.2. The predicted octanol–water partition coefficient (Wildman–Crippen LogP) is 4.75. The van der Waals surface area contributed by atoms with Crippen LogP contribution in [0.15, 0.2) is 42.5 Å². The molecule has 0 heterocycles. The van der Waals surface area contributed by atoms with Gasteiger partial charge in [0.05, 0.1) is 22.0 Å². The molecule has 0 aliphatic rings. The van der Waals surface area contributed by atoms with Crippen LogP contribution in [0.1, 0.15) is 32.3 Å². The van der Waals surface area contributed by atoms with Crippen molar-refractivity contribution >= 4 is 62.3 Å². The minimum Gasteiger partial charge on any atom is -0.355 e. The first-order chi connectivity index (χ1) is 15.9. The van der Waals surface area contributed by atoms with E-state index in [9.17, 15) is 18.0 Å². The molecule has 2 rings (SSSR count). The smallest absolute Gasteiger partial charge is 0.242 e. The summed E-state index contributed by atoms with van der Waals surface area (Å²) in [4.78, 5) is 27.1. The Balaban J connectivity index is 2.17. The fourth-order valence-corrected chi connectivity index (χ4v) is 4.76. The molecule has 11 heteroatoms. The van der Waals surface area contributed by atoms with Crippen LogP contribution in [0.4, 0.5) is 5.69 Å². The Morgan fingerprint density at radius 1 is 1.03 bits per heavy atom. The summed E-state index contributed by atoms with van der Waals surface area (Å²) < 4.78 is 25.9. The van der Waals surface area contributed by atoms with Crippen molar-refractivity contribution < 1.29 is 18.0 Å². The molecule has 0 saturated heterocycles. The molecule has 0 aliphatic carbocycles. The molecule has 1 atom stereocenters. The molecular formula is C23H28Cl3N3O4S. The molecule has 0 saturated carbocycles. The van der Waals surface area contributed by atoms with Gasteiger partial charge in [0.25, 0.3) is 0 Å². The van der Waals surface area contributed by atoms with Crippen LogP contribution in [-0.4, -0.2) is 50.5 Å². The van der Waals surface area contributed by atoms with Crippen molar-refractivity contribution in [2.75, 3.05) is 23.7 Å². The molecule has 2 amide bonds. The number of hydrogen-bond acceptors (Lipinski definition) is 4. The number of hydrogen-bond donors (Lipinski definition) is 1. The van der Waals surface area contributed by atoms with Gasteiger partial charge in [0.1, 0.15) is 6.04 Å². The van der Waals surface area contributed by atoms with Crippen molar-refractivity contribution in [2.45, 2.75) is 39.3 Å². The summed E-state index contributed by atoms with van der Waals surface area (Å²) >= 11 is 18.0. The fraction of sp³-hybridized carbons (Fsp3) is 0.391. The molecule has 0 aliphatic heterocycles. The van der Waals surface area contributed by atoms with E-state index >= 15 is 0 Å². The zero-order valence-electron chi connectivity index (χ0n) is 19.2. The SMILES string of the molecule is CCNC(=O)[C@H](C)N(Cc1ccc(Cl)c(Cl)c1)C(=O)CCCN(c1ccc(Cl)cc1)S(C)(=O)=O. The second-order valence-corrected chi connectivity index (χ2v) is 10.9. The Bertz CT molecular complexity index is 1110. The van der Waals surface area contributed by atoms with Crippen molar-refractivity contribution in [3.05, 3.63) is 63.1 Å². The summed E-state index contributed by atoms with van der Waals surface area (Å²) in [6, 6.07) is 10.7. The lowest BCUT2D eigenvalue weighted by molar-refractivity contribution is -0.140. The maximum atomic E-state index is 13.2. The Kier molecular flexibility index (Phi) is 10.5. The van der Waals surface area contributed by atoms with E-state index in [0.29, 0.717) is 27.3 Å². The number of nitrogens with zero attached hydrogens (tertiary/aromatic N) is 2. The zero-order valence-corrected chi connectivity index (χ0v) is 22.3. The molecule has 0 fully saturated rings. The lowest BCUT2D eigenvalue weighted by Gasteiger charge is -2.29. The first-order valence-electron chi connectivity index (χ1n) is 10.7. The molecule has 186 valence electrons. The largest absolute Gasteiger partial charge is 0.355 e. The van der Waals surface area contributed by atoms with Gasteiger partial charge in [-0.2, -0.15) is 0 Å². The maximum Gasteiger partial charge on any atom is 0.242 e. The average molecular weight is 549 g/mol. The quantitative estimate of drug-likeness (QED) is 0.439. The Hall–Kier alpha value is -2.00. The van der Waals surface area contributed by atoms with Crippen molar-refractivity contribution in [3.63, 3.8) is 0 Å². The predicted molar refractivity (Wildman–Crippen MR) is 138 cm³/mol. The van der Waals surface area contributed by atoms with Gasteiger partial charge in [-0.25, -0.2) is 8.42 Å². The molecule has 0 bridgehead atoms. The highest BCUT2D eigenvalue weighted by molar-refractivity contribution is 7.92. The number of amides is 2. The van der Waals surface area contributed by atoms with E-state index in [2.05, 4.69) is 5.32 Å². The van der Waals surface area contributed by atoms with Crippen molar-refractivity contribution in [1.82, 2.24) is 10.2 Å². The molecule has 1 N–H and O–H groups in total. The topological polar surface area (TPSA) is 86.8 Å². The molecular weight excluding hydrogens is 521 g/mol. The van der Waals surface area contributed by atoms with Gasteiger partial charge in [-0.15, -0.1) is 0 Å². The van der Waals surface area contributed by atoms with Crippen molar-refractivity contribution in [1.29, 1.82) is 0 Å². The van der Waals surface area contributed by atoms with Crippen molar-refractivity contribution in [3.8, 4) is 0 Å². The highest BCUT2D eigenvalue weighted by atomic mass is 35.5. The fourth-order valence-electron chi connectivity index (χ4n) is 3.35. The normalized spacial score (nSPS) is 12.2. The third-order valence-electron chi connectivity index (χ3n) is 5.12. The van der Waals surface area contributed by atoms with E-state index < -0.39 is 16.1 Å². The summed E-state index contributed by atoms with van der Waals surface area (Å²) in [5, 5.41) is 3.96. The van der Waals surface area contributed by atoms with Crippen LogP contribution in [0.5, 0.6) is 0 Å². The van der Waals surface area contributed by atoms with Crippen molar-refractivity contribution in [2.24, 2.45) is 0 Å². The van der Waals surface area contributed by atoms with Crippen LogP contribution in [0.3, 0.4) is 0 Å². The third kappa shape index (κ3) is 8.05. The van der Waals surface area contributed by atoms with E-state index in [0.717, 1.165) is 11.8 Å². The van der Waals surface area contributed by atoms with Crippen LogP contribution in [0.2, 0.25) is 15.1 Å². The molecule has 0 radical (unpaired) electrons. The molecule has 2 aromatic carbocycles. The zero-order chi connectivity index (χ0) is 25.5. The number of anilines is 1. The van der Waals surface area contributed by atoms with Crippen LogP contribution in [0, 0.1) is 0 Å². The summed E-state index contributed by atoms with van der Waals surface area (Å²) in [7, 11) is -3.57. The van der Waals surface area contributed by atoms with Crippen LogP contribution < -0.4 is 9.62 Å². The first-order valence-corrected chi connectivity index (χ1v) is 13.7. The van der Waals surface area contributed by atoms with Gasteiger partial charge >= 0.3 is 0 Å². The molecule has 7 nitrogen and oxygen atoms in total. The molecule has 0 spiro atoms. The van der Waals surface area contributed by atoms with Gasteiger partial charge in [0.2, 0.25) is 21.8 Å². The van der Waals surface area contributed by atoms with Gasteiger partial charge < -0.3 is 10.2 Å². The van der Waals surface area contributed by atoms with Gasteiger partial charge in [-0.1, -0.05) is 40.9 Å². The molecule has 0 aromatic heterocycles. The van der Waals surface area contributed by atoms with E-state index in [-0.39, 0.29) is 37.7 Å². The van der Waals surface area contributed by atoms with Crippen LogP contribution in [0.25, 0.3) is 0 Å². The van der Waals surface area contributed by atoms with Gasteiger partial charge in [0.15, 0.2) is 0 Å². The number of carbonyl (C=O) groups is 2. The second kappa shape index (κ2) is 12.6. The van der Waals surface area contributed by atoms with Gasteiger partial charge in [-0.3, -0.25) is 13.9 Å². The second-order valence-electron chi connectivity index (χ2n) is 7.76. The van der Waals surface area contributed by atoms with Crippen LogP contribution in [-0.2, 0) is 26.2 Å². The number of halogens is 3. The standard InChI is InChI=1S/C23H28Cl3N3O4S/c1-4-27-23(31)16(2)28(15-17-7-12-20(25)21(26)14-17)22(30)6-5-13-29(34(3,32)33)19-10-8-18(24)9-11-19/h7-12,14,16H,4-6,13,15H2,1-3H3,(H,27,31)/t16-/m0/s1. The number of sulfonamides is 1. The minimum absolute atomic E-state index is 0.0463. The summed E-state index contributed by atoms with van der Waals surface area (Å²) in [6.07, 6.45) is 1.41. The van der Waals surface area contributed by atoms with Crippen LogP contribution >= 0.6 is 34.8 Å². The average Bonchev–Trinajstić information content (AvgIpc) is 2.77. The minimum atomic E-state index is -3.57. The van der Waals surface area contributed by atoms with E-state index in [4.69, 9.17) is 34.8 Å². The Morgan fingerprint density at radius 3 is 2.24 bits per heavy atom. The summed E-state index contributed by atoms with van der Waals surface area (Å²) in [5.41, 5.74) is 1.18. The van der Waals surface area contributed by atoms with E-state index in [1.54, 1.807) is 56.3 Å². The maximum absolute atomic E-state index is 13.2. The molecule has 2 aromatic rings. The van der Waals surface area contributed by atoms with E-state index in [1.807, 2.05) is 0 Å². The summed E-state index contributed by atoms with van der Waals surface area (Å²) in [5.74, 6) is -0.566. The number of nitrogens with one attached hydrogen (secondary N) is 1. The highest BCUT2D eigenvalue weighted by Crippen LogP contribution is 2.24. The lowest BCUT2D eigenvalue weighted by atomic mass is 10.1. The highest BCUT2D eigenvalue weighted by Gasteiger charge is 2.26. The van der Waals surface area contributed by atoms with Gasteiger partial charge in [-0.05, 0) is 62.2 Å². The molecule has 0 unspecified atom stereocenters. The number of carbonyl (C=O) groups excluding carboxylic acids is 2. The van der Waals surface area contributed by atoms with E-state index in [1.165, 1.54) is 9.21 Å². The number of rotatable bonds is 11. The molecule has 34 heavy (non-hydrogen) atoms. The Labute approximate surface area is 216 Å². The number of likely N-dealkylation sites (N-methyl/N-ethyl adjacent to an activating group) is 1. The number of benzene rings is 2.